The quantitative estimate of drug-likeness (QED) is 0.730. The molecule has 0 amide bonds. The molecular formula is C16H18F3N3O3S. The zero-order valence-corrected chi connectivity index (χ0v) is 14.6. The predicted octanol–water partition coefficient (Wildman–Crippen LogP) is 2.52. The highest BCUT2D eigenvalue weighted by Crippen LogP contribution is 2.26. The van der Waals surface area contributed by atoms with Gasteiger partial charge in [0.25, 0.3) is 6.43 Å². The van der Waals surface area contributed by atoms with Gasteiger partial charge in [-0.3, -0.25) is 4.68 Å². The molecule has 2 aromatic rings. The summed E-state index contributed by atoms with van der Waals surface area (Å²) in [5.41, 5.74) is 0. The molecule has 3 rings (SSSR count). The molecule has 1 fully saturated rings. The van der Waals surface area contributed by atoms with Crippen LogP contribution in [-0.2, 0) is 16.6 Å². The maximum absolute atomic E-state index is 12.9. The van der Waals surface area contributed by atoms with Crippen LogP contribution in [0.15, 0.2) is 41.6 Å². The van der Waals surface area contributed by atoms with Gasteiger partial charge in [0.1, 0.15) is 29.6 Å². The monoisotopic (exact) mass is 389 g/mol. The molecule has 1 saturated heterocycles. The van der Waals surface area contributed by atoms with E-state index in [1.54, 1.807) is 0 Å². The third-order valence-electron chi connectivity index (χ3n) is 4.12. The lowest BCUT2D eigenvalue weighted by molar-refractivity contribution is 0.121. The van der Waals surface area contributed by atoms with E-state index in [0.29, 0.717) is 25.1 Å². The highest BCUT2D eigenvalue weighted by Gasteiger charge is 2.36. The van der Waals surface area contributed by atoms with E-state index >= 15 is 0 Å². The lowest BCUT2D eigenvalue weighted by Crippen LogP contribution is -2.38. The Morgan fingerprint density at radius 1 is 1.27 bits per heavy atom. The second kappa shape index (κ2) is 7.67. The van der Waals surface area contributed by atoms with E-state index in [1.807, 2.05) is 0 Å². The van der Waals surface area contributed by atoms with Crippen molar-refractivity contribution in [2.45, 2.75) is 36.7 Å². The fourth-order valence-corrected chi connectivity index (χ4v) is 4.50. The number of rotatable bonds is 7. The fraction of sp³-hybridized carbons (Fsp3) is 0.438. The lowest BCUT2D eigenvalue weighted by Gasteiger charge is -2.23. The van der Waals surface area contributed by atoms with Crippen LogP contribution >= 0.6 is 0 Å². The summed E-state index contributed by atoms with van der Waals surface area (Å²) in [5.74, 6) is 0.0589. The largest absolute Gasteiger partial charge is 0.492 e. The molecule has 0 N–H and O–H groups in total. The summed E-state index contributed by atoms with van der Waals surface area (Å²) in [4.78, 5) is -0.119. The molecule has 1 atom stereocenters. The number of benzene rings is 1. The van der Waals surface area contributed by atoms with E-state index in [9.17, 15) is 21.6 Å². The zero-order chi connectivity index (χ0) is 18.7. The van der Waals surface area contributed by atoms with E-state index in [0.717, 1.165) is 17.1 Å². The Labute approximate surface area is 149 Å². The minimum Gasteiger partial charge on any atom is -0.492 e. The minimum absolute atomic E-state index is 0.119. The Hall–Kier alpha value is -2.07. The standard InChI is InChI=1S/C16H18F3N3O3S/c17-12-3-5-14(6-4-12)25-11-13-2-1-7-22(13)26(23,24)15-8-20-21(9-15)10-16(18)19/h3-6,8-9,13,16H,1-2,7,10-11H2. The molecule has 0 bridgehead atoms. The second-order valence-corrected chi connectivity index (χ2v) is 7.86. The van der Waals surface area contributed by atoms with Crippen molar-refractivity contribution in [1.29, 1.82) is 0 Å². The van der Waals surface area contributed by atoms with Crippen molar-refractivity contribution in [3.63, 3.8) is 0 Å². The van der Waals surface area contributed by atoms with Gasteiger partial charge in [0.05, 0.1) is 12.2 Å². The molecule has 1 aromatic carbocycles. The van der Waals surface area contributed by atoms with Crippen LogP contribution in [0.2, 0.25) is 0 Å². The van der Waals surface area contributed by atoms with Crippen LogP contribution in [0.3, 0.4) is 0 Å². The van der Waals surface area contributed by atoms with Gasteiger partial charge in [-0.1, -0.05) is 0 Å². The maximum Gasteiger partial charge on any atom is 0.257 e. The van der Waals surface area contributed by atoms with Crippen molar-refractivity contribution >= 4 is 10.0 Å². The van der Waals surface area contributed by atoms with Gasteiger partial charge < -0.3 is 4.74 Å². The molecule has 1 aliphatic heterocycles. The number of halogens is 3. The summed E-state index contributed by atoms with van der Waals surface area (Å²) < 4.78 is 71.1. The van der Waals surface area contributed by atoms with Crippen molar-refractivity contribution in [3.05, 3.63) is 42.5 Å². The topological polar surface area (TPSA) is 64.4 Å². The Morgan fingerprint density at radius 3 is 2.69 bits per heavy atom. The Morgan fingerprint density at radius 2 is 2.00 bits per heavy atom. The smallest absolute Gasteiger partial charge is 0.257 e. The van der Waals surface area contributed by atoms with Crippen LogP contribution in [0.1, 0.15) is 12.8 Å². The van der Waals surface area contributed by atoms with Crippen LogP contribution < -0.4 is 4.74 Å². The van der Waals surface area contributed by atoms with E-state index < -0.39 is 23.0 Å². The van der Waals surface area contributed by atoms with Crippen molar-refractivity contribution in [3.8, 4) is 5.75 Å². The van der Waals surface area contributed by atoms with Crippen LogP contribution in [0, 0.1) is 5.82 Å². The number of sulfonamides is 1. The zero-order valence-electron chi connectivity index (χ0n) is 13.8. The first-order chi connectivity index (χ1) is 12.4. The molecule has 10 heteroatoms. The van der Waals surface area contributed by atoms with Gasteiger partial charge in [-0.2, -0.15) is 9.40 Å². The maximum atomic E-state index is 12.9. The predicted molar refractivity (Wildman–Crippen MR) is 87.0 cm³/mol. The van der Waals surface area contributed by atoms with E-state index in [1.165, 1.54) is 28.6 Å². The normalized spacial score (nSPS) is 18.5. The third-order valence-corrected chi connectivity index (χ3v) is 6.03. The fourth-order valence-electron chi connectivity index (χ4n) is 2.87. The molecule has 26 heavy (non-hydrogen) atoms. The molecule has 1 aromatic heterocycles. The van der Waals surface area contributed by atoms with Gasteiger partial charge in [0.15, 0.2) is 0 Å². The summed E-state index contributed by atoms with van der Waals surface area (Å²) in [6.45, 7) is -0.220. The van der Waals surface area contributed by atoms with Crippen molar-refractivity contribution in [2.24, 2.45) is 0 Å². The van der Waals surface area contributed by atoms with Gasteiger partial charge in [-0.15, -0.1) is 0 Å². The Balaban J connectivity index is 1.69. The van der Waals surface area contributed by atoms with Crippen LogP contribution in [0.25, 0.3) is 0 Å². The van der Waals surface area contributed by atoms with Crippen molar-refractivity contribution in [2.75, 3.05) is 13.2 Å². The average molecular weight is 389 g/mol. The van der Waals surface area contributed by atoms with Crippen LogP contribution in [-0.4, -0.2) is 48.1 Å². The third kappa shape index (κ3) is 4.18. The molecule has 2 heterocycles. The molecule has 6 nitrogen and oxygen atoms in total. The van der Waals surface area contributed by atoms with Gasteiger partial charge in [-0.05, 0) is 37.1 Å². The second-order valence-electron chi connectivity index (χ2n) is 5.97. The first-order valence-electron chi connectivity index (χ1n) is 8.07. The summed E-state index contributed by atoms with van der Waals surface area (Å²) in [7, 11) is -3.85. The number of aromatic nitrogens is 2. The van der Waals surface area contributed by atoms with E-state index in [2.05, 4.69) is 5.10 Å². The van der Waals surface area contributed by atoms with Gasteiger partial charge in [0, 0.05) is 12.7 Å². The van der Waals surface area contributed by atoms with Gasteiger partial charge >= 0.3 is 0 Å². The van der Waals surface area contributed by atoms with Gasteiger partial charge in [0.2, 0.25) is 10.0 Å². The van der Waals surface area contributed by atoms with E-state index in [4.69, 9.17) is 4.74 Å². The summed E-state index contributed by atoms with van der Waals surface area (Å²) in [5, 5.41) is 3.68. The first kappa shape index (κ1) is 18.7. The summed E-state index contributed by atoms with van der Waals surface area (Å²) in [6.07, 6.45) is 0.855. The molecule has 0 radical (unpaired) electrons. The molecular weight excluding hydrogens is 371 g/mol. The highest BCUT2D eigenvalue weighted by molar-refractivity contribution is 7.89. The minimum atomic E-state index is -3.85. The number of alkyl halides is 2. The number of nitrogens with zero attached hydrogens (tertiary/aromatic N) is 3. The SMILES string of the molecule is O=S(=O)(c1cnn(CC(F)F)c1)N1CCCC1COc1ccc(F)cc1. The average Bonchev–Trinajstić information content (AvgIpc) is 3.23. The summed E-state index contributed by atoms with van der Waals surface area (Å²) >= 11 is 0. The molecule has 0 spiro atoms. The molecule has 0 saturated carbocycles. The van der Waals surface area contributed by atoms with Crippen LogP contribution in [0.4, 0.5) is 13.2 Å². The van der Waals surface area contributed by atoms with Crippen molar-refractivity contribution in [1.82, 2.24) is 14.1 Å². The highest BCUT2D eigenvalue weighted by atomic mass is 32.2. The molecule has 0 aliphatic carbocycles. The van der Waals surface area contributed by atoms with Crippen molar-refractivity contribution < 1.29 is 26.3 Å². The van der Waals surface area contributed by atoms with E-state index in [-0.39, 0.29) is 23.4 Å². The Bertz CT molecular complexity index is 840. The molecule has 142 valence electrons. The first-order valence-corrected chi connectivity index (χ1v) is 9.51. The lowest BCUT2D eigenvalue weighted by atomic mass is 10.2. The number of ether oxygens (including phenoxy) is 1. The number of hydrogen-bond acceptors (Lipinski definition) is 4. The Kier molecular flexibility index (Phi) is 5.52. The molecule has 1 aliphatic rings. The molecule has 1 unspecified atom stereocenters. The number of hydrogen-bond donors (Lipinski definition) is 0. The summed E-state index contributed by atoms with van der Waals surface area (Å²) in [6, 6.07) is 5.07. The van der Waals surface area contributed by atoms with Crippen LogP contribution in [0.5, 0.6) is 5.75 Å². The van der Waals surface area contributed by atoms with Gasteiger partial charge in [-0.25, -0.2) is 21.6 Å².